The number of nitrogens with two attached hydrogens (primary N) is 2. The molecule has 0 fully saturated rings. The van der Waals surface area contributed by atoms with Crippen LogP contribution in [0.5, 0.6) is 0 Å². The average molecular weight is 326 g/mol. The van der Waals surface area contributed by atoms with E-state index in [0.29, 0.717) is 5.57 Å². The minimum Gasteiger partial charge on any atom is -0.366 e. The largest absolute Gasteiger partial charge is 0.366 e. The van der Waals surface area contributed by atoms with Gasteiger partial charge in [0.2, 0.25) is 5.91 Å². The van der Waals surface area contributed by atoms with Crippen LogP contribution < -0.4 is 17.0 Å². The standard InChI is InChI=1S/C12H16BrN5O/c1-17-12(10(7-16-17)11(14)19)18(15)9-4-2-3-8(13)5-6-9/h3-7,12,16H,2,15H2,1H3,(H2,14,19). The first-order chi connectivity index (χ1) is 9.00. The lowest BCUT2D eigenvalue weighted by atomic mass is 10.2. The summed E-state index contributed by atoms with van der Waals surface area (Å²) >= 11 is 3.42. The zero-order valence-electron chi connectivity index (χ0n) is 10.5. The lowest BCUT2D eigenvalue weighted by Gasteiger charge is -2.32. The molecule has 0 radical (unpaired) electrons. The van der Waals surface area contributed by atoms with Gasteiger partial charge in [0.25, 0.3) is 0 Å². The van der Waals surface area contributed by atoms with E-state index in [1.807, 2.05) is 24.3 Å². The maximum Gasteiger partial charge on any atom is 0.249 e. The van der Waals surface area contributed by atoms with Gasteiger partial charge < -0.3 is 11.2 Å². The number of primary amides is 1. The molecule has 0 spiro atoms. The summed E-state index contributed by atoms with van der Waals surface area (Å²) in [6.45, 7) is 0. The highest BCUT2D eigenvalue weighted by Gasteiger charge is 2.32. The van der Waals surface area contributed by atoms with Gasteiger partial charge in [-0.25, -0.2) is 5.84 Å². The van der Waals surface area contributed by atoms with Crippen molar-refractivity contribution in [3.05, 3.63) is 46.3 Å². The van der Waals surface area contributed by atoms with E-state index in [2.05, 4.69) is 21.4 Å². The molecule has 0 aromatic carbocycles. The number of carbonyl (C=O) groups is 1. The number of allylic oxidation sites excluding steroid dienone is 5. The first kappa shape index (κ1) is 13.9. The van der Waals surface area contributed by atoms with Crippen LogP contribution in [-0.4, -0.2) is 29.1 Å². The molecule has 0 aromatic rings. The van der Waals surface area contributed by atoms with Crippen molar-refractivity contribution in [3.8, 4) is 0 Å². The van der Waals surface area contributed by atoms with Crippen molar-refractivity contribution < 1.29 is 4.79 Å². The van der Waals surface area contributed by atoms with Crippen molar-refractivity contribution in [1.82, 2.24) is 15.4 Å². The van der Waals surface area contributed by atoms with Crippen LogP contribution in [0.3, 0.4) is 0 Å². The van der Waals surface area contributed by atoms with Crippen LogP contribution in [0.4, 0.5) is 0 Å². The second-order valence-electron chi connectivity index (χ2n) is 4.27. The summed E-state index contributed by atoms with van der Waals surface area (Å²) in [7, 11) is 1.80. The molecule has 0 saturated heterocycles. The first-order valence-electron chi connectivity index (χ1n) is 5.77. The summed E-state index contributed by atoms with van der Waals surface area (Å²) in [5, 5.41) is 3.24. The van der Waals surface area contributed by atoms with Gasteiger partial charge in [-0.3, -0.25) is 9.80 Å². The minimum atomic E-state index is -0.491. The predicted molar refractivity (Wildman–Crippen MR) is 76.8 cm³/mol. The molecule has 2 aliphatic rings. The molecular weight excluding hydrogens is 310 g/mol. The topological polar surface area (TPSA) is 87.6 Å². The molecular formula is C12H16BrN5O. The number of likely N-dealkylation sites (N-methyl/N-ethyl adjacent to an activating group) is 1. The fraction of sp³-hybridized carbons (Fsp3) is 0.250. The second-order valence-corrected chi connectivity index (χ2v) is 5.19. The van der Waals surface area contributed by atoms with E-state index < -0.39 is 12.1 Å². The lowest BCUT2D eigenvalue weighted by Crippen LogP contribution is -2.51. The van der Waals surface area contributed by atoms with Gasteiger partial charge in [-0.2, -0.15) is 5.01 Å². The van der Waals surface area contributed by atoms with E-state index >= 15 is 0 Å². The highest BCUT2D eigenvalue weighted by atomic mass is 79.9. The highest BCUT2D eigenvalue weighted by molar-refractivity contribution is 9.11. The number of halogens is 1. The molecule has 5 N–H and O–H groups in total. The summed E-state index contributed by atoms with van der Waals surface area (Å²) in [5.41, 5.74) is 9.52. The third-order valence-electron chi connectivity index (χ3n) is 2.97. The second kappa shape index (κ2) is 5.60. The van der Waals surface area contributed by atoms with Gasteiger partial charge in [0.1, 0.15) is 6.17 Å². The van der Waals surface area contributed by atoms with Crippen molar-refractivity contribution in [1.29, 1.82) is 0 Å². The van der Waals surface area contributed by atoms with Crippen LogP contribution in [0.15, 0.2) is 46.3 Å². The number of nitrogens with one attached hydrogen (secondary N) is 1. The van der Waals surface area contributed by atoms with Crippen molar-refractivity contribution in [3.63, 3.8) is 0 Å². The summed E-state index contributed by atoms with van der Waals surface area (Å²) < 4.78 is 0.996. The molecule has 7 heteroatoms. The van der Waals surface area contributed by atoms with Gasteiger partial charge in [0, 0.05) is 17.7 Å². The fourth-order valence-corrected chi connectivity index (χ4v) is 2.31. The Kier molecular flexibility index (Phi) is 4.08. The van der Waals surface area contributed by atoms with Crippen LogP contribution in [0.25, 0.3) is 0 Å². The predicted octanol–water partition coefficient (Wildman–Crippen LogP) is 0.430. The molecule has 1 aliphatic carbocycles. The Morgan fingerprint density at radius 3 is 2.95 bits per heavy atom. The first-order valence-corrected chi connectivity index (χ1v) is 6.56. The molecule has 2 rings (SSSR count). The van der Waals surface area contributed by atoms with Crippen LogP contribution >= 0.6 is 15.9 Å². The van der Waals surface area contributed by atoms with Crippen molar-refractivity contribution in [2.24, 2.45) is 11.6 Å². The summed E-state index contributed by atoms with van der Waals surface area (Å²) in [6, 6.07) is 0. The monoisotopic (exact) mass is 325 g/mol. The Morgan fingerprint density at radius 2 is 2.26 bits per heavy atom. The van der Waals surface area contributed by atoms with E-state index in [1.165, 1.54) is 5.01 Å². The van der Waals surface area contributed by atoms with Crippen LogP contribution in [0.1, 0.15) is 6.42 Å². The van der Waals surface area contributed by atoms with Crippen molar-refractivity contribution >= 4 is 21.8 Å². The van der Waals surface area contributed by atoms with E-state index in [-0.39, 0.29) is 0 Å². The van der Waals surface area contributed by atoms with E-state index in [0.717, 1.165) is 16.6 Å². The van der Waals surface area contributed by atoms with Gasteiger partial charge in [-0.15, -0.1) is 0 Å². The van der Waals surface area contributed by atoms with E-state index in [4.69, 9.17) is 11.6 Å². The van der Waals surface area contributed by atoms with E-state index in [9.17, 15) is 4.79 Å². The maximum atomic E-state index is 11.4. The lowest BCUT2D eigenvalue weighted by molar-refractivity contribution is -0.115. The molecule has 6 nitrogen and oxygen atoms in total. The Morgan fingerprint density at radius 1 is 1.53 bits per heavy atom. The number of hydrogen-bond donors (Lipinski definition) is 3. The SMILES string of the molecule is CN1NC=C(C(N)=O)C1N(N)C1=CCC=C(Br)C=C1. The highest BCUT2D eigenvalue weighted by Crippen LogP contribution is 2.22. The normalized spacial score (nSPS) is 23.1. The number of rotatable bonds is 3. The molecule has 0 aromatic heterocycles. The van der Waals surface area contributed by atoms with Crippen molar-refractivity contribution in [2.45, 2.75) is 12.6 Å². The van der Waals surface area contributed by atoms with Crippen LogP contribution in [-0.2, 0) is 4.79 Å². The van der Waals surface area contributed by atoms with Gasteiger partial charge in [-0.1, -0.05) is 28.1 Å². The fourth-order valence-electron chi connectivity index (χ4n) is 1.99. The van der Waals surface area contributed by atoms with Crippen LogP contribution in [0, 0.1) is 0 Å². The number of hydrazine groups is 2. The molecule has 1 amide bonds. The molecule has 1 heterocycles. The summed E-state index contributed by atoms with van der Waals surface area (Å²) in [6.07, 6.45) is 9.71. The maximum absolute atomic E-state index is 11.4. The molecule has 1 unspecified atom stereocenters. The van der Waals surface area contributed by atoms with Crippen molar-refractivity contribution in [2.75, 3.05) is 7.05 Å². The number of nitrogens with zero attached hydrogens (tertiary/aromatic N) is 2. The van der Waals surface area contributed by atoms with Gasteiger partial charge in [0.15, 0.2) is 0 Å². The third kappa shape index (κ3) is 2.89. The third-order valence-corrected chi connectivity index (χ3v) is 3.56. The Labute approximate surface area is 120 Å². The van der Waals surface area contributed by atoms with Gasteiger partial charge in [-0.05, 0) is 18.6 Å². The molecule has 19 heavy (non-hydrogen) atoms. The minimum absolute atomic E-state index is 0.426. The number of hydrogen-bond acceptors (Lipinski definition) is 5. The molecule has 0 bridgehead atoms. The number of carbonyl (C=O) groups excluding carboxylic acids is 1. The molecule has 102 valence electrons. The summed E-state index contributed by atoms with van der Waals surface area (Å²) in [5.74, 6) is 5.64. The summed E-state index contributed by atoms with van der Waals surface area (Å²) in [4.78, 5) is 11.4. The van der Waals surface area contributed by atoms with Gasteiger partial charge in [0.05, 0.1) is 11.3 Å². The molecule has 1 aliphatic heterocycles. The van der Waals surface area contributed by atoms with E-state index in [1.54, 1.807) is 18.3 Å². The average Bonchev–Trinajstić information content (AvgIpc) is 2.61. The number of amides is 1. The smallest absolute Gasteiger partial charge is 0.249 e. The molecule has 0 saturated carbocycles. The quantitative estimate of drug-likeness (QED) is 0.517. The zero-order valence-corrected chi connectivity index (χ0v) is 12.1. The van der Waals surface area contributed by atoms with Gasteiger partial charge >= 0.3 is 0 Å². The zero-order chi connectivity index (χ0) is 14.0. The Hall–Kier alpha value is -1.57. The molecule has 1 atom stereocenters. The Balaban J connectivity index is 2.22. The Bertz CT molecular complexity index is 508. The van der Waals surface area contributed by atoms with Crippen LogP contribution in [0.2, 0.25) is 0 Å².